The molecule has 19 heteroatoms. The highest BCUT2D eigenvalue weighted by Gasteiger charge is 2.30. The first-order chi connectivity index (χ1) is 47.9. The van der Waals surface area contributed by atoms with Crippen molar-refractivity contribution in [1.29, 1.82) is 0 Å². The number of allylic oxidation sites excluding steroid dienone is 4. The van der Waals surface area contributed by atoms with Gasteiger partial charge in [-0.15, -0.1) is 0 Å². The summed E-state index contributed by atoms with van der Waals surface area (Å²) in [4.78, 5) is 72.9. The molecule has 0 aliphatic rings. The van der Waals surface area contributed by atoms with Gasteiger partial charge in [-0.25, -0.2) is 9.13 Å². The lowest BCUT2D eigenvalue weighted by Gasteiger charge is -2.21. The topological polar surface area (TPSA) is 237 Å². The van der Waals surface area contributed by atoms with Gasteiger partial charge in [-0.3, -0.25) is 37.3 Å². The van der Waals surface area contributed by atoms with Crippen LogP contribution < -0.4 is 0 Å². The average Bonchev–Trinajstić information content (AvgIpc) is 0.974. The van der Waals surface area contributed by atoms with Crippen LogP contribution in [0.25, 0.3) is 0 Å². The molecular formula is C80H152O17P2. The lowest BCUT2D eigenvalue weighted by Crippen LogP contribution is -2.30. The van der Waals surface area contributed by atoms with Crippen LogP contribution >= 0.6 is 15.6 Å². The van der Waals surface area contributed by atoms with Crippen molar-refractivity contribution in [3.63, 3.8) is 0 Å². The van der Waals surface area contributed by atoms with Crippen molar-refractivity contribution in [2.75, 3.05) is 39.6 Å². The fraction of sp³-hybridized carbons (Fsp3) is 0.900. The van der Waals surface area contributed by atoms with Crippen molar-refractivity contribution >= 4 is 39.5 Å². The minimum absolute atomic E-state index is 0.0852. The number of esters is 4. The standard InChI is InChI=1S/C80H152O17P2/c1-7-9-11-13-15-17-19-20-21-29-34-40-46-52-58-64-79(84)96-75(68-90-77(82)62-56-50-44-38-18-16-14-12-10-8-2)70-94-98(86,87)92-66-74(81)67-93-99(88,89)95-71-76(97-80(85)65-59-53-47-41-35-30-25-23-27-32-37-43-49-55-61-73(5)6)69-91-78(83)63-57-51-45-39-33-28-24-22-26-31-36-42-48-54-60-72(3)4/h17,19-21,72-76,81H,7-16,18,22-71H2,1-6H3,(H,86,87)(H,88,89)/b19-17-,21-20-/t74-,75+,76+/m0/s1. The van der Waals surface area contributed by atoms with Crippen LogP contribution in [0, 0.1) is 11.8 Å². The Kier molecular flexibility index (Phi) is 69.4. The third-order valence-corrected chi connectivity index (χ3v) is 20.0. The highest BCUT2D eigenvalue weighted by atomic mass is 31.2. The van der Waals surface area contributed by atoms with E-state index < -0.39 is 97.5 Å². The van der Waals surface area contributed by atoms with Crippen LogP contribution in [0.15, 0.2) is 24.3 Å². The fourth-order valence-corrected chi connectivity index (χ4v) is 13.4. The van der Waals surface area contributed by atoms with E-state index in [1.54, 1.807) is 0 Å². The molecule has 99 heavy (non-hydrogen) atoms. The quantitative estimate of drug-likeness (QED) is 0.0169. The molecular weight excluding hydrogens is 1290 g/mol. The molecule has 0 rings (SSSR count). The molecule has 0 heterocycles. The number of aliphatic hydroxyl groups excluding tert-OH is 1. The summed E-state index contributed by atoms with van der Waals surface area (Å²) in [6.07, 6.45) is 63.1. The van der Waals surface area contributed by atoms with Gasteiger partial charge < -0.3 is 33.8 Å². The Hall–Kier alpha value is -2.46. The van der Waals surface area contributed by atoms with E-state index in [2.05, 4.69) is 65.8 Å². The Balaban J connectivity index is 5.28. The van der Waals surface area contributed by atoms with Gasteiger partial charge >= 0.3 is 39.5 Å². The number of phosphoric ester groups is 2. The van der Waals surface area contributed by atoms with Crippen LogP contribution in [0.1, 0.15) is 395 Å². The summed E-state index contributed by atoms with van der Waals surface area (Å²) < 4.78 is 68.6. The number of unbranched alkanes of at least 4 members (excludes halogenated alkanes) is 44. The van der Waals surface area contributed by atoms with Crippen molar-refractivity contribution in [3.05, 3.63) is 24.3 Å². The molecule has 0 bridgehead atoms. The lowest BCUT2D eigenvalue weighted by molar-refractivity contribution is -0.161. The van der Waals surface area contributed by atoms with Crippen molar-refractivity contribution < 1.29 is 80.2 Å². The zero-order valence-electron chi connectivity index (χ0n) is 64.3. The number of ether oxygens (including phenoxy) is 4. The van der Waals surface area contributed by atoms with E-state index in [0.717, 1.165) is 115 Å². The second-order valence-electron chi connectivity index (χ2n) is 29.1. The summed E-state index contributed by atoms with van der Waals surface area (Å²) in [7, 11) is -9.93. The van der Waals surface area contributed by atoms with E-state index in [-0.39, 0.29) is 25.7 Å². The predicted molar refractivity (Wildman–Crippen MR) is 404 cm³/mol. The Bertz CT molecular complexity index is 2000. The molecule has 0 saturated carbocycles. The van der Waals surface area contributed by atoms with Crippen molar-refractivity contribution in [2.24, 2.45) is 11.8 Å². The molecule has 584 valence electrons. The molecule has 5 atom stereocenters. The molecule has 0 aromatic carbocycles. The molecule has 0 spiro atoms. The summed E-state index contributed by atoms with van der Waals surface area (Å²) in [6, 6.07) is 0. The van der Waals surface area contributed by atoms with Gasteiger partial charge in [-0.05, 0) is 63.2 Å². The molecule has 0 aromatic heterocycles. The van der Waals surface area contributed by atoms with Crippen LogP contribution in [0.4, 0.5) is 0 Å². The van der Waals surface area contributed by atoms with E-state index in [9.17, 15) is 43.2 Å². The largest absolute Gasteiger partial charge is 0.472 e. The maximum absolute atomic E-state index is 13.1. The maximum atomic E-state index is 13.1. The Labute approximate surface area is 605 Å². The molecule has 0 aromatic rings. The van der Waals surface area contributed by atoms with Crippen LogP contribution in [0.3, 0.4) is 0 Å². The van der Waals surface area contributed by atoms with E-state index >= 15 is 0 Å². The van der Waals surface area contributed by atoms with Crippen LogP contribution in [0.5, 0.6) is 0 Å². The summed E-state index contributed by atoms with van der Waals surface area (Å²) in [5.41, 5.74) is 0. The molecule has 0 radical (unpaired) electrons. The number of hydrogen-bond acceptors (Lipinski definition) is 15. The highest BCUT2D eigenvalue weighted by Crippen LogP contribution is 2.45. The normalized spacial score (nSPS) is 14.1. The molecule has 0 aliphatic carbocycles. The van der Waals surface area contributed by atoms with Crippen molar-refractivity contribution in [2.45, 2.75) is 413 Å². The van der Waals surface area contributed by atoms with E-state index in [4.69, 9.17) is 37.0 Å². The van der Waals surface area contributed by atoms with Gasteiger partial charge in [0.25, 0.3) is 0 Å². The number of hydrogen-bond donors (Lipinski definition) is 3. The molecule has 17 nitrogen and oxygen atoms in total. The van der Waals surface area contributed by atoms with Gasteiger partial charge in [-0.1, -0.05) is 342 Å². The Morgan fingerprint density at radius 3 is 0.828 bits per heavy atom. The summed E-state index contributed by atoms with van der Waals surface area (Å²) in [6.45, 7) is 9.60. The molecule has 0 saturated heterocycles. The fourth-order valence-electron chi connectivity index (χ4n) is 11.8. The molecule has 3 N–H and O–H groups in total. The SMILES string of the molecule is CCCCCC/C=C\C=C/CCCCCCCC(=O)O[C@H](COC(=O)CCCCCCCCCCCC)COP(=O)(O)OC[C@H](O)COP(=O)(O)OC[C@@H](COC(=O)CCCCCCCCCCCCCCCCC(C)C)OC(=O)CCCCCCCCCCCCCCCCC(C)C. The third-order valence-electron chi connectivity index (χ3n) is 18.1. The molecule has 0 fully saturated rings. The third kappa shape index (κ3) is 73.6. The van der Waals surface area contributed by atoms with Gasteiger partial charge in [0.05, 0.1) is 26.4 Å². The molecule has 0 amide bonds. The van der Waals surface area contributed by atoms with Crippen molar-refractivity contribution in [3.8, 4) is 0 Å². The molecule has 2 unspecified atom stereocenters. The van der Waals surface area contributed by atoms with Gasteiger partial charge in [0.1, 0.15) is 19.3 Å². The van der Waals surface area contributed by atoms with E-state index in [1.807, 2.05) is 0 Å². The van der Waals surface area contributed by atoms with Gasteiger partial charge in [0, 0.05) is 25.7 Å². The summed E-state index contributed by atoms with van der Waals surface area (Å²) in [5, 5.41) is 10.6. The first kappa shape index (κ1) is 96.5. The van der Waals surface area contributed by atoms with Gasteiger partial charge in [0.15, 0.2) is 12.2 Å². The lowest BCUT2D eigenvalue weighted by atomic mass is 10.0. The summed E-state index contributed by atoms with van der Waals surface area (Å²) >= 11 is 0. The number of carbonyl (C=O) groups excluding carboxylic acids is 4. The van der Waals surface area contributed by atoms with Gasteiger partial charge in [-0.2, -0.15) is 0 Å². The second-order valence-corrected chi connectivity index (χ2v) is 32.0. The minimum Gasteiger partial charge on any atom is -0.462 e. The first-order valence-corrected chi connectivity index (χ1v) is 43.8. The van der Waals surface area contributed by atoms with E-state index in [1.165, 1.54) is 199 Å². The minimum atomic E-state index is -4.97. The second kappa shape index (κ2) is 71.2. The average molecular weight is 1450 g/mol. The van der Waals surface area contributed by atoms with Crippen LogP contribution in [-0.4, -0.2) is 96.7 Å². The maximum Gasteiger partial charge on any atom is 0.472 e. The zero-order valence-corrected chi connectivity index (χ0v) is 66.1. The first-order valence-electron chi connectivity index (χ1n) is 40.8. The van der Waals surface area contributed by atoms with Crippen LogP contribution in [-0.2, 0) is 65.4 Å². The number of aliphatic hydroxyl groups is 1. The molecule has 0 aliphatic heterocycles. The Morgan fingerprint density at radius 2 is 0.545 bits per heavy atom. The van der Waals surface area contributed by atoms with Crippen molar-refractivity contribution in [1.82, 2.24) is 0 Å². The Morgan fingerprint density at radius 1 is 0.313 bits per heavy atom. The van der Waals surface area contributed by atoms with Crippen LogP contribution in [0.2, 0.25) is 0 Å². The number of carbonyl (C=O) groups is 4. The zero-order chi connectivity index (χ0) is 72.8. The monoisotopic (exact) mass is 1450 g/mol. The number of phosphoric acid groups is 2. The predicted octanol–water partition coefficient (Wildman–Crippen LogP) is 23.4. The summed E-state index contributed by atoms with van der Waals surface area (Å²) in [5.74, 6) is -0.548. The smallest absolute Gasteiger partial charge is 0.462 e. The van der Waals surface area contributed by atoms with E-state index in [0.29, 0.717) is 25.7 Å². The highest BCUT2D eigenvalue weighted by molar-refractivity contribution is 7.47. The number of rotatable bonds is 77. The van der Waals surface area contributed by atoms with Gasteiger partial charge in [0.2, 0.25) is 0 Å².